The first kappa shape index (κ1) is 9.98. The summed E-state index contributed by atoms with van der Waals surface area (Å²) in [7, 11) is 0. The summed E-state index contributed by atoms with van der Waals surface area (Å²) in [6.45, 7) is 0.212. The summed E-state index contributed by atoms with van der Waals surface area (Å²) in [4.78, 5) is 10.8. The molecule has 80 valence electrons. The van der Waals surface area contributed by atoms with E-state index < -0.39 is 5.97 Å². The second-order valence-corrected chi connectivity index (χ2v) is 3.65. The van der Waals surface area contributed by atoms with Gasteiger partial charge in [-0.1, -0.05) is 0 Å². The standard InChI is InChI=1S/C11H13NO3/c12-6-7-5-9(15-8-1-2-8)3-4-10(7)11(13)14/h3-5,8H,1-2,6,12H2,(H,13,14). The van der Waals surface area contributed by atoms with Crippen LogP contribution in [0.3, 0.4) is 0 Å². The molecule has 0 aromatic heterocycles. The number of hydrogen-bond acceptors (Lipinski definition) is 3. The Morgan fingerprint density at radius 3 is 2.80 bits per heavy atom. The number of ether oxygens (including phenoxy) is 1. The third-order valence-electron chi connectivity index (χ3n) is 2.35. The van der Waals surface area contributed by atoms with Gasteiger partial charge >= 0.3 is 5.97 Å². The highest BCUT2D eigenvalue weighted by atomic mass is 16.5. The highest BCUT2D eigenvalue weighted by Crippen LogP contribution is 2.28. The quantitative estimate of drug-likeness (QED) is 0.782. The van der Waals surface area contributed by atoms with E-state index in [-0.39, 0.29) is 12.1 Å². The fourth-order valence-electron chi connectivity index (χ4n) is 1.40. The van der Waals surface area contributed by atoms with E-state index in [2.05, 4.69) is 0 Å². The number of aromatic carboxylic acids is 1. The molecule has 0 spiro atoms. The average Bonchev–Trinajstić information content (AvgIpc) is 3.01. The molecule has 1 aromatic carbocycles. The smallest absolute Gasteiger partial charge is 0.336 e. The lowest BCUT2D eigenvalue weighted by atomic mass is 10.1. The van der Waals surface area contributed by atoms with Gasteiger partial charge < -0.3 is 15.6 Å². The molecule has 15 heavy (non-hydrogen) atoms. The summed E-state index contributed by atoms with van der Waals surface area (Å²) in [5.74, 6) is -0.239. The van der Waals surface area contributed by atoms with Crippen LogP contribution in [-0.2, 0) is 6.54 Å². The van der Waals surface area contributed by atoms with Gasteiger partial charge in [-0.25, -0.2) is 4.79 Å². The molecule has 1 fully saturated rings. The first-order chi connectivity index (χ1) is 7.20. The molecule has 0 bridgehead atoms. The van der Waals surface area contributed by atoms with E-state index in [4.69, 9.17) is 15.6 Å². The summed E-state index contributed by atoms with van der Waals surface area (Å²) in [6.07, 6.45) is 2.48. The van der Waals surface area contributed by atoms with Crippen LogP contribution in [0.15, 0.2) is 18.2 Å². The lowest BCUT2D eigenvalue weighted by Gasteiger charge is -2.08. The first-order valence-electron chi connectivity index (χ1n) is 4.93. The van der Waals surface area contributed by atoms with Crippen LogP contribution in [0.2, 0.25) is 0 Å². The van der Waals surface area contributed by atoms with Gasteiger partial charge in [0.05, 0.1) is 11.7 Å². The van der Waals surface area contributed by atoms with Crippen LogP contribution in [0, 0.1) is 0 Å². The van der Waals surface area contributed by atoms with Gasteiger partial charge in [0.25, 0.3) is 0 Å². The van der Waals surface area contributed by atoms with Crippen molar-refractivity contribution in [2.45, 2.75) is 25.5 Å². The Morgan fingerprint density at radius 2 is 2.27 bits per heavy atom. The molecular weight excluding hydrogens is 194 g/mol. The molecule has 0 unspecified atom stereocenters. The van der Waals surface area contributed by atoms with Crippen LogP contribution in [-0.4, -0.2) is 17.2 Å². The van der Waals surface area contributed by atoms with Crippen LogP contribution in [0.4, 0.5) is 0 Å². The fourth-order valence-corrected chi connectivity index (χ4v) is 1.40. The summed E-state index contributed by atoms with van der Waals surface area (Å²) in [5, 5.41) is 8.89. The van der Waals surface area contributed by atoms with E-state index in [0.717, 1.165) is 12.8 Å². The highest BCUT2D eigenvalue weighted by molar-refractivity contribution is 5.89. The van der Waals surface area contributed by atoms with Gasteiger partial charge in [-0.15, -0.1) is 0 Å². The van der Waals surface area contributed by atoms with Crippen molar-refractivity contribution in [1.29, 1.82) is 0 Å². The molecule has 4 heteroatoms. The maximum absolute atomic E-state index is 10.8. The third kappa shape index (κ3) is 2.27. The van der Waals surface area contributed by atoms with Gasteiger partial charge in [-0.05, 0) is 36.6 Å². The number of benzene rings is 1. The monoisotopic (exact) mass is 207 g/mol. The van der Waals surface area contributed by atoms with Gasteiger partial charge in [0.15, 0.2) is 0 Å². The molecule has 2 rings (SSSR count). The van der Waals surface area contributed by atoms with Crippen molar-refractivity contribution >= 4 is 5.97 Å². The Labute approximate surface area is 87.7 Å². The van der Waals surface area contributed by atoms with Crippen molar-refractivity contribution in [3.63, 3.8) is 0 Å². The summed E-state index contributed by atoms with van der Waals surface area (Å²) in [5.41, 5.74) is 6.35. The largest absolute Gasteiger partial charge is 0.490 e. The second-order valence-electron chi connectivity index (χ2n) is 3.65. The third-order valence-corrected chi connectivity index (χ3v) is 2.35. The Kier molecular flexibility index (Phi) is 2.60. The van der Waals surface area contributed by atoms with Gasteiger partial charge in [0.2, 0.25) is 0 Å². The van der Waals surface area contributed by atoms with E-state index in [9.17, 15) is 4.79 Å². The number of hydrogen-bond donors (Lipinski definition) is 2. The maximum Gasteiger partial charge on any atom is 0.336 e. The number of carboxylic acids is 1. The van der Waals surface area contributed by atoms with Gasteiger partial charge in [-0.3, -0.25) is 0 Å². The fraction of sp³-hybridized carbons (Fsp3) is 0.364. The van der Waals surface area contributed by atoms with Crippen LogP contribution in [0.25, 0.3) is 0 Å². The number of nitrogens with two attached hydrogens (primary N) is 1. The lowest BCUT2D eigenvalue weighted by molar-refractivity contribution is 0.0695. The normalized spacial score (nSPS) is 15.0. The van der Waals surface area contributed by atoms with Crippen molar-refractivity contribution < 1.29 is 14.6 Å². The molecule has 0 saturated heterocycles. The van der Waals surface area contributed by atoms with Gasteiger partial charge in [0.1, 0.15) is 5.75 Å². The first-order valence-corrected chi connectivity index (χ1v) is 4.93. The minimum atomic E-state index is -0.951. The predicted molar refractivity (Wildman–Crippen MR) is 54.9 cm³/mol. The molecule has 1 saturated carbocycles. The number of carbonyl (C=O) groups is 1. The molecule has 1 aliphatic carbocycles. The van der Waals surface area contributed by atoms with Crippen LogP contribution >= 0.6 is 0 Å². The molecule has 1 aliphatic rings. The van der Waals surface area contributed by atoms with E-state index >= 15 is 0 Å². The van der Waals surface area contributed by atoms with Crippen molar-refractivity contribution in [2.24, 2.45) is 5.73 Å². The molecule has 0 heterocycles. The SMILES string of the molecule is NCc1cc(OC2CC2)ccc1C(=O)O. The van der Waals surface area contributed by atoms with Crippen LogP contribution < -0.4 is 10.5 Å². The summed E-state index contributed by atoms with van der Waals surface area (Å²) >= 11 is 0. The number of carboxylic acid groups (broad SMARTS) is 1. The van der Waals surface area contributed by atoms with Crippen molar-refractivity contribution in [3.05, 3.63) is 29.3 Å². The van der Waals surface area contributed by atoms with E-state index in [0.29, 0.717) is 17.4 Å². The molecule has 0 radical (unpaired) electrons. The Bertz CT molecular complexity index is 385. The molecule has 0 aliphatic heterocycles. The Balaban J connectivity index is 2.24. The van der Waals surface area contributed by atoms with Gasteiger partial charge in [0, 0.05) is 6.54 Å². The number of rotatable bonds is 4. The molecule has 4 nitrogen and oxygen atoms in total. The summed E-state index contributed by atoms with van der Waals surface area (Å²) < 4.78 is 5.55. The Hall–Kier alpha value is -1.55. The minimum absolute atomic E-state index is 0.212. The average molecular weight is 207 g/mol. The molecular formula is C11H13NO3. The van der Waals surface area contributed by atoms with E-state index in [1.54, 1.807) is 18.2 Å². The van der Waals surface area contributed by atoms with Crippen molar-refractivity contribution in [1.82, 2.24) is 0 Å². The van der Waals surface area contributed by atoms with Crippen molar-refractivity contribution in [3.8, 4) is 5.75 Å². The predicted octanol–water partition coefficient (Wildman–Crippen LogP) is 1.38. The molecule has 3 N–H and O–H groups in total. The molecule has 0 amide bonds. The van der Waals surface area contributed by atoms with E-state index in [1.165, 1.54) is 0 Å². The Morgan fingerprint density at radius 1 is 1.53 bits per heavy atom. The zero-order valence-electron chi connectivity index (χ0n) is 8.27. The molecule has 0 atom stereocenters. The maximum atomic E-state index is 10.8. The van der Waals surface area contributed by atoms with Crippen molar-refractivity contribution in [2.75, 3.05) is 0 Å². The zero-order chi connectivity index (χ0) is 10.8. The molecule has 1 aromatic rings. The topological polar surface area (TPSA) is 72.5 Å². The second kappa shape index (κ2) is 3.90. The minimum Gasteiger partial charge on any atom is -0.490 e. The van der Waals surface area contributed by atoms with Crippen LogP contribution in [0.1, 0.15) is 28.8 Å². The highest BCUT2D eigenvalue weighted by Gasteiger charge is 2.23. The van der Waals surface area contributed by atoms with E-state index in [1.807, 2.05) is 0 Å². The lowest BCUT2D eigenvalue weighted by Crippen LogP contribution is -2.07. The van der Waals surface area contributed by atoms with Crippen LogP contribution in [0.5, 0.6) is 5.75 Å². The summed E-state index contributed by atoms with van der Waals surface area (Å²) in [6, 6.07) is 4.94. The van der Waals surface area contributed by atoms with Gasteiger partial charge in [-0.2, -0.15) is 0 Å². The zero-order valence-corrected chi connectivity index (χ0v) is 8.27.